The van der Waals surface area contributed by atoms with Gasteiger partial charge < -0.3 is 5.32 Å². The van der Waals surface area contributed by atoms with Gasteiger partial charge in [0.2, 0.25) is 5.91 Å². The van der Waals surface area contributed by atoms with Gasteiger partial charge in [-0.1, -0.05) is 53.6 Å². The first-order valence-corrected chi connectivity index (χ1v) is 9.73. The zero-order chi connectivity index (χ0) is 20.1. The fourth-order valence-electron chi connectivity index (χ4n) is 4.96. The Morgan fingerprint density at radius 3 is 2.57 bits per heavy atom. The number of carbonyl (C=O) groups excluding carboxylic acids is 2. The molecule has 28 heavy (non-hydrogen) atoms. The number of likely N-dealkylation sites (N-methyl/N-ethyl adjacent to an activating group) is 1. The molecule has 1 fully saturated rings. The van der Waals surface area contributed by atoms with Crippen LogP contribution in [0.15, 0.2) is 60.2 Å². The van der Waals surface area contributed by atoms with E-state index in [2.05, 4.69) is 28.4 Å². The molecular formula is C24H26N2O2. The number of ketones is 1. The molecule has 4 rings (SSSR count). The first-order chi connectivity index (χ1) is 13.4. The Morgan fingerprint density at radius 2 is 1.89 bits per heavy atom. The van der Waals surface area contributed by atoms with Gasteiger partial charge in [-0.3, -0.25) is 14.5 Å². The molecule has 144 valence electrons. The number of anilines is 1. The third-order valence-electron chi connectivity index (χ3n) is 6.07. The quantitative estimate of drug-likeness (QED) is 0.826. The summed E-state index contributed by atoms with van der Waals surface area (Å²) in [7, 11) is 1.96. The van der Waals surface area contributed by atoms with Gasteiger partial charge in [0.25, 0.3) is 0 Å². The van der Waals surface area contributed by atoms with Crippen LogP contribution in [0.25, 0.3) is 0 Å². The predicted molar refractivity (Wildman–Crippen MR) is 111 cm³/mol. The van der Waals surface area contributed by atoms with Crippen molar-refractivity contribution in [2.24, 2.45) is 5.92 Å². The van der Waals surface area contributed by atoms with Crippen molar-refractivity contribution >= 4 is 17.4 Å². The first-order valence-electron chi connectivity index (χ1n) is 9.73. The van der Waals surface area contributed by atoms with E-state index in [0.29, 0.717) is 6.54 Å². The highest BCUT2D eigenvalue weighted by Gasteiger charge is 2.63. The van der Waals surface area contributed by atoms with Gasteiger partial charge in [0.15, 0.2) is 5.78 Å². The summed E-state index contributed by atoms with van der Waals surface area (Å²) < 4.78 is 0. The lowest BCUT2D eigenvalue weighted by Gasteiger charge is -2.35. The van der Waals surface area contributed by atoms with E-state index in [-0.39, 0.29) is 17.6 Å². The average molecular weight is 374 g/mol. The number of allylic oxidation sites excluding steroid dienone is 2. The number of carbonyl (C=O) groups is 2. The number of benzene rings is 2. The van der Waals surface area contributed by atoms with Crippen LogP contribution in [0.3, 0.4) is 0 Å². The van der Waals surface area contributed by atoms with Gasteiger partial charge in [-0.05, 0) is 45.5 Å². The van der Waals surface area contributed by atoms with Crippen molar-refractivity contribution in [3.05, 3.63) is 76.9 Å². The van der Waals surface area contributed by atoms with Gasteiger partial charge in [0.1, 0.15) is 5.54 Å². The molecule has 4 heteroatoms. The molecule has 1 amide bonds. The smallest absolute Gasteiger partial charge is 0.250 e. The van der Waals surface area contributed by atoms with Crippen LogP contribution in [0, 0.1) is 12.8 Å². The Hall–Kier alpha value is -2.72. The maximum Gasteiger partial charge on any atom is 0.250 e. The predicted octanol–water partition coefficient (Wildman–Crippen LogP) is 4.02. The van der Waals surface area contributed by atoms with Gasteiger partial charge in [-0.25, -0.2) is 0 Å². The Balaban J connectivity index is 1.95. The van der Waals surface area contributed by atoms with Crippen LogP contribution >= 0.6 is 0 Å². The zero-order valence-electron chi connectivity index (χ0n) is 16.8. The van der Waals surface area contributed by atoms with E-state index in [0.717, 1.165) is 28.0 Å². The molecule has 0 unspecified atom stereocenters. The summed E-state index contributed by atoms with van der Waals surface area (Å²) in [5.41, 5.74) is 3.87. The Morgan fingerprint density at radius 1 is 1.18 bits per heavy atom. The molecule has 1 saturated heterocycles. The van der Waals surface area contributed by atoms with Crippen molar-refractivity contribution in [2.75, 3.05) is 18.9 Å². The third kappa shape index (κ3) is 2.63. The number of hydrogen-bond donors (Lipinski definition) is 1. The van der Waals surface area contributed by atoms with Crippen molar-refractivity contribution < 1.29 is 9.59 Å². The summed E-state index contributed by atoms with van der Waals surface area (Å²) >= 11 is 0. The van der Waals surface area contributed by atoms with Crippen LogP contribution in [-0.2, 0) is 15.1 Å². The van der Waals surface area contributed by atoms with E-state index < -0.39 is 11.5 Å². The van der Waals surface area contributed by atoms with Gasteiger partial charge in [-0.2, -0.15) is 0 Å². The lowest BCUT2D eigenvalue weighted by Crippen LogP contribution is -2.51. The molecular weight excluding hydrogens is 348 g/mol. The minimum atomic E-state index is -0.981. The van der Waals surface area contributed by atoms with Gasteiger partial charge in [-0.15, -0.1) is 0 Å². The molecule has 2 aliphatic rings. The van der Waals surface area contributed by atoms with E-state index in [1.807, 2.05) is 58.2 Å². The van der Waals surface area contributed by atoms with E-state index in [1.165, 1.54) is 0 Å². The molecule has 1 spiro atoms. The molecule has 2 aliphatic heterocycles. The molecule has 1 N–H and O–H groups in total. The van der Waals surface area contributed by atoms with Crippen LogP contribution in [0.1, 0.15) is 36.5 Å². The minimum Gasteiger partial charge on any atom is -0.324 e. The Kier molecular flexibility index (Phi) is 4.47. The molecule has 0 aliphatic carbocycles. The number of aryl methyl sites for hydroxylation is 1. The summed E-state index contributed by atoms with van der Waals surface area (Å²) in [4.78, 5) is 29.0. The topological polar surface area (TPSA) is 49.4 Å². The van der Waals surface area contributed by atoms with Gasteiger partial charge in [0, 0.05) is 23.7 Å². The number of fused-ring (bicyclic) bond motifs is 2. The number of amides is 1. The largest absolute Gasteiger partial charge is 0.324 e. The Labute approximate surface area is 166 Å². The maximum absolute atomic E-state index is 13.5. The van der Waals surface area contributed by atoms with Crippen molar-refractivity contribution in [1.82, 2.24) is 4.90 Å². The van der Waals surface area contributed by atoms with Crippen molar-refractivity contribution in [1.29, 1.82) is 0 Å². The van der Waals surface area contributed by atoms with E-state index in [4.69, 9.17) is 0 Å². The standard InChI is InChI=1S/C24H26N2O2/c1-15(2)12-21(27)22-18(17-8-6-5-7-9-17)14-26(4)24(22)19-13-16(3)10-11-20(19)25-23(24)28/h5-13,18,22H,14H2,1-4H3,(H,25,28)/t18-,22+,24-/m1/s1. The number of hydrogen-bond acceptors (Lipinski definition) is 3. The molecule has 2 aromatic rings. The van der Waals surface area contributed by atoms with E-state index in [1.54, 1.807) is 6.08 Å². The highest BCUT2D eigenvalue weighted by atomic mass is 16.2. The molecule has 2 heterocycles. The van der Waals surface area contributed by atoms with Crippen LogP contribution in [0.2, 0.25) is 0 Å². The Bertz CT molecular complexity index is 975. The SMILES string of the molecule is CC(C)=CC(=O)[C@@H]1[C@@H](c2ccccc2)CN(C)[C@@]12C(=O)Nc1ccc(C)cc12. The number of nitrogens with one attached hydrogen (secondary N) is 1. The molecule has 0 saturated carbocycles. The zero-order valence-corrected chi connectivity index (χ0v) is 16.8. The monoisotopic (exact) mass is 374 g/mol. The second kappa shape index (κ2) is 6.71. The normalized spacial score (nSPS) is 26.2. The third-order valence-corrected chi connectivity index (χ3v) is 6.07. The summed E-state index contributed by atoms with van der Waals surface area (Å²) in [6, 6.07) is 16.1. The average Bonchev–Trinajstić information content (AvgIpc) is 3.12. The molecule has 0 aromatic heterocycles. The molecule has 0 radical (unpaired) electrons. The van der Waals surface area contributed by atoms with Crippen molar-refractivity contribution in [3.63, 3.8) is 0 Å². The van der Waals surface area contributed by atoms with Crippen LogP contribution in [-0.4, -0.2) is 30.2 Å². The molecule has 4 nitrogen and oxygen atoms in total. The van der Waals surface area contributed by atoms with Crippen LogP contribution < -0.4 is 5.32 Å². The molecule has 3 atom stereocenters. The van der Waals surface area contributed by atoms with E-state index in [9.17, 15) is 9.59 Å². The van der Waals surface area contributed by atoms with E-state index >= 15 is 0 Å². The number of rotatable bonds is 3. The second-order valence-electron chi connectivity index (χ2n) is 8.27. The summed E-state index contributed by atoms with van der Waals surface area (Å²) in [6.07, 6.45) is 1.70. The first kappa shape index (κ1) is 18.6. The maximum atomic E-state index is 13.5. The minimum absolute atomic E-state index is 0.0164. The van der Waals surface area contributed by atoms with Gasteiger partial charge >= 0.3 is 0 Å². The second-order valence-corrected chi connectivity index (χ2v) is 8.27. The summed E-state index contributed by atoms with van der Waals surface area (Å²) in [6.45, 7) is 6.52. The fourth-order valence-corrected chi connectivity index (χ4v) is 4.96. The highest BCUT2D eigenvalue weighted by molar-refractivity contribution is 6.11. The van der Waals surface area contributed by atoms with Crippen molar-refractivity contribution in [3.8, 4) is 0 Å². The van der Waals surface area contributed by atoms with Gasteiger partial charge in [0.05, 0.1) is 5.92 Å². The lowest BCUT2D eigenvalue weighted by atomic mass is 9.71. The number of likely N-dealkylation sites (tertiary alicyclic amines) is 1. The molecule has 0 bridgehead atoms. The highest BCUT2D eigenvalue weighted by Crippen LogP contribution is 2.55. The number of nitrogens with zero attached hydrogens (tertiary/aromatic N) is 1. The summed E-state index contributed by atoms with van der Waals surface area (Å²) in [5.74, 6) is -0.610. The fraction of sp³-hybridized carbons (Fsp3) is 0.333. The van der Waals surface area contributed by atoms with Crippen LogP contribution in [0.5, 0.6) is 0 Å². The molecule has 2 aromatic carbocycles. The summed E-state index contributed by atoms with van der Waals surface area (Å²) in [5, 5.41) is 3.04. The van der Waals surface area contributed by atoms with Crippen molar-refractivity contribution in [2.45, 2.75) is 32.2 Å². The van der Waals surface area contributed by atoms with Crippen LogP contribution in [0.4, 0.5) is 5.69 Å². The lowest BCUT2D eigenvalue weighted by molar-refractivity contribution is -0.133.